The van der Waals surface area contributed by atoms with Crippen LogP contribution in [0.4, 0.5) is 14.6 Å². The molecule has 0 bridgehead atoms. The van der Waals surface area contributed by atoms with Crippen molar-refractivity contribution in [1.82, 2.24) is 0 Å². The zero-order valence-corrected chi connectivity index (χ0v) is 5.88. The molecule has 0 unspecified atom stereocenters. The fourth-order valence-electron chi connectivity index (χ4n) is 0.775. The molecule has 5 heteroatoms. The van der Waals surface area contributed by atoms with Gasteiger partial charge in [0.15, 0.2) is 0 Å². The minimum Gasteiger partial charge on any atom is -0.399 e. The maximum absolute atomic E-state index is 12.5. The molecule has 0 saturated carbocycles. The van der Waals surface area contributed by atoms with Crippen molar-refractivity contribution in [3.63, 3.8) is 0 Å². The summed E-state index contributed by atoms with van der Waals surface area (Å²) in [5.41, 5.74) is 4.96. The predicted octanol–water partition coefficient (Wildman–Crippen LogP) is 1.45. The van der Waals surface area contributed by atoms with Gasteiger partial charge in [-0.15, -0.1) is 0 Å². The Labute approximate surface area is 66.6 Å². The number of carbonyl (C=O) groups excluding carboxylic acids is 1. The van der Waals surface area contributed by atoms with E-state index in [9.17, 15) is 13.7 Å². The van der Waals surface area contributed by atoms with Crippen molar-refractivity contribution in [2.45, 2.75) is 0 Å². The van der Waals surface area contributed by atoms with E-state index >= 15 is 0 Å². The molecule has 1 aromatic carbocycles. The Hall–Kier alpha value is -1.65. The summed E-state index contributed by atoms with van der Waals surface area (Å²) in [4.78, 5) is 13.4. The van der Waals surface area contributed by atoms with E-state index in [0.717, 1.165) is 18.2 Å². The van der Waals surface area contributed by atoms with Crippen LogP contribution in [0.1, 0.15) is 10.4 Å². The molecule has 2 N–H and O–H groups in total. The largest absolute Gasteiger partial charge is 0.399 e. The minimum atomic E-state index is -1.26. The van der Waals surface area contributed by atoms with Gasteiger partial charge in [0.1, 0.15) is 5.82 Å². The van der Waals surface area contributed by atoms with E-state index < -0.39 is 11.8 Å². The van der Waals surface area contributed by atoms with Crippen LogP contribution in [0.2, 0.25) is 0 Å². The van der Waals surface area contributed by atoms with Crippen molar-refractivity contribution in [2.75, 3.05) is 5.73 Å². The van der Waals surface area contributed by atoms with Gasteiger partial charge in [0, 0.05) is 10.2 Å². The topological polar surface area (TPSA) is 52.3 Å². The summed E-state index contributed by atoms with van der Waals surface area (Å²) in [5.74, 6) is -1.98. The van der Waals surface area contributed by atoms with Crippen LogP contribution in [0.25, 0.3) is 0 Å². The van der Waals surface area contributed by atoms with E-state index in [0.29, 0.717) is 0 Å². The lowest BCUT2D eigenvalue weighted by molar-refractivity contribution is -0.0788. The number of nitrogen functional groups attached to an aromatic ring is 1. The molecule has 0 fully saturated rings. The van der Waals surface area contributed by atoms with Crippen LogP contribution in [-0.4, -0.2) is 5.97 Å². The maximum Gasteiger partial charge on any atom is 0.379 e. The van der Waals surface area contributed by atoms with Crippen molar-refractivity contribution in [1.29, 1.82) is 0 Å². The fourth-order valence-corrected chi connectivity index (χ4v) is 0.775. The summed E-state index contributed by atoms with van der Waals surface area (Å²) < 4.78 is 23.8. The molecule has 1 aromatic rings. The Bertz CT molecular complexity index is 294. The standard InChI is InChI=1S/C7H5F2NO2/c8-5-1-4(7(11)12-9)2-6(10)3-5/h1-3H,10H2. The van der Waals surface area contributed by atoms with Crippen LogP contribution in [0, 0.1) is 5.82 Å². The fraction of sp³-hybridized carbons (Fsp3) is 0. The predicted molar refractivity (Wildman–Crippen MR) is 37.3 cm³/mol. The lowest BCUT2D eigenvalue weighted by Crippen LogP contribution is -2.00. The highest BCUT2D eigenvalue weighted by Crippen LogP contribution is 2.11. The maximum atomic E-state index is 12.5. The van der Waals surface area contributed by atoms with Gasteiger partial charge in [-0.1, -0.05) is 0 Å². The van der Waals surface area contributed by atoms with Crippen molar-refractivity contribution in [3.8, 4) is 0 Å². The van der Waals surface area contributed by atoms with Gasteiger partial charge in [-0.3, -0.25) is 0 Å². The summed E-state index contributed by atoms with van der Waals surface area (Å²) >= 11 is 0. The first kappa shape index (κ1) is 8.45. The Morgan fingerprint density at radius 1 is 1.42 bits per heavy atom. The lowest BCUT2D eigenvalue weighted by atomic mass is 10.2. The van der Waals surface area contributed by atoms with E-state index in [1.807, 2.05) is 0 Å². The molecule has 0 saturated heterocycles. The number of anilines is 1. The Morgan fingerprint density at radius 2 is 2.08 bits per heavy atom. The van der Waals surface area contributed by atoms with Crippen LogP contribution >= 0.6 is 0 Å². The smallest absolute Gasteiger partial charge is 0.379 e. The van der Waals surface area contributed by atoms with Gasteiger partial charge in [0.25, 0.3) is 0 Å². The van der Waals surface area contributed by atoms with Crippen LogP contribution in [-0.2, 0) is 4.94 Å². The van der Waals surface area contributed by atoms with Crippen LogP contribution in [0.3, 0.4) is 0 Å². The van der Waals surface area contributed by atoms with Gasteiger partial charge in [0.05, 0.1) is 5.56 Å². The number of nitrogens with two attached hydrogens (primary N) is 1. The van der Waals surface area contributed by atoms with Gasteiger partial charge < -0.3 is 5.73 Å². The first-order valence-corrected chi connectivity index (χ1v) is 3.02. The molecular formula is C7H5F2NO2. The van der Waals surface area contributed by atoms with Gasteiger partial charge in [-0.05, 0) is 18.2 Å². The quantitative estimate of drug-likeness (QED) is 0.654. The average molecular weight is 173 g/mol. The molecule has 0 spiro atoms. The molecule has 64 valence electrons. The molecule has 0 heterocycles. The van der Waals surface area contributed by atoms with Gasteiger partial charge in [0.2, 0.25) is 0 Å². The number of rotatable bonds is 1. The van der Waals surface area contributed by atoms with Crippen LogP contribution in [0.5, 0.6) is 0 Å². The van der Waals surface area contributed by atoms with E-state index in [-0.39, 0.29) is 11.3 Å². The first-order valence-electron chi connectivity index (χ1n) is 3.02. The Morgan fingerprint density at radius 3 is 2.58 bits per heavy atom. The van der Waals surface area contributed by atoms with Crippen molar-refractivity contribution >= 4 is 11.7 Å². The first-order chi connectivity index (χ1) is 5.63. The van der Waals surface area contributed by atoms with E-state index in [4.69, 9.17) is 5.73 Å². The normalized spacial score (nSPS) is 9.50. The summed E-state index contributed by atoms with van der Waals surface area (Å²) in [7, 11) is 0. The summed E-state index contributed by atoms with van der Waals surface area (Å²) in [6.45, 7) is 0. The van der Waals surface area contributed by atoms with Crippen LogP contribution in [0.15, 0.2) is 18.2 Å². The third-order valence-electron chi connectivity index (χ3n) is 1.23. The Kier molecular flexibility index (Phi) is 2.23. The Balaban J connectivity index is 3.08. The van der Waals surface area contributed by atoms with Gasteiger partial charge in [-0.25, -0.2) is 14.1 Å². The number of hydrogen-bond acceptors (Lipinski definition) is 3. The molecule has 12 heavy (non-hydrogen) atoms. The van der Waals surface area contributed by atoms with Gasteiger partial charge >= 0.3 is 5.97 Å². The minimum absolute atomic E-state index is 0.0374. The van der Waals surface area contributed by atoms with Crippen molar-refractivity contribution < 1.29 is 18.7 Å². The SMILES string of the molecule is Nc1cc(F)cc(C(=O)OF)c1. The van der Waals surface area contributed by atoms with Crippen molar-refractivity contribution in [3.05, 3.63) is 29.6 Å². The molecule has 0 aromatic heterocycles. The number of benzene rings is 1. The summed E-state index contributed by atoms with van der Waals surface area (Å²) in [6.07, 6.45) is 0. The van der Waals surface area contributed by atoms with Crippen LogP contribution < -0.4 is 5.73 Å². The molecule has 3 nitrogen and oxygen atoms in total. The molecule has 1 rings (SSSR count). The van der Waals surface area contributed by atoms with E-state index in [2.05, 4.69) is 4.94 Å². The summed E-state index contributed by atoms with van der Waals surface area (Å²) in [5, 5.41) is 0. The average Bonchev–Trinajstić information content (AvgIpc) is 2.01. The number of halogens is 2. The molecular weight excluding hydrogens is 168 g/mol. The number of carbonyl (C=O) groups is 1. The van der Waals surface area contributed by atoms with E-state index in [1.165, 1.54) is 0 Å². The highest BCUT2D eigenvalue weighted by atomic mass is 19.3. The molecule has 0 aliphatic carbocycles. The molecule has 0 atom stereocenters. The molecule has 0 amide bonds. The zero-order chi connectivity index (χ0) is 9.14. The third kappa shape index (κ3) is 1.69. The number of hydrogen-bond donors (Lipinski definition) is 1. The third-order valence-corrected chi connectivity index (χ3v) is 1.23. The second-order valence-corrected chi connectivity index (χ2v) is 2.14. The lowest BCUT2D eigenvalue weighted by Gasteiger charge is -1.97. The highest BCUT2D eigenvalue weighted by Gasteiger charge is 2.09. The molecule has 0 radical (unpaired) electrons. The summed E-state index contributed by atoms with van der Waals surface area (Å²) in [6, 6.07) is 2.96. The molecule has 0 aliphatic rings. The van der Waals surface area contributed by atoms with E-state index in [1.54, 1.807) is 0 Å². The second-order valence-electron chi connectivity index (χ2n) is 2.14. The molecule has 0 aliphatic heterocycles. The second kappa shape index (κ2) is 3.17. The van der Waals surface area contributed by atoms with Crippen molar-refractivity contribution in [2.24, 2.45) is 0 Å². The monoisotopic (exact) mass is 173 g/mol. The van der Waals surface area contributed by atoms with Gasteiger partial charge in [-0.2, -0.15) is 0 Å². The highest BCUT2D eigenvalue weighted by molar-refractivity contribution is 5.89. The zero-order valence-electron chi connectivity index (χ0n) is 5.88.